The maximum Gasteiger partial charge on any atom is 0.294 e. The van der Waals surface area contributed by atoms with Crippen LogP contribution in [0.5, 0.6) is 17.2 Å². The molecule has 1 atom stereocenters. The highest BCUT2D eigenvalue weighted by Crippen LogP contribution is 2.43. The fourth-order valence-corrected chi connectivity index (χ4v) is 3.87. The van der Waals surface area contributed by atoms with Crippen LogP contribution in [0.4, 0.5) is 5.69 Å². The van der Waals surface area contributed by atoms with Crippen molar-refractivity contribution in [3.05, 3.63) is 101 Å². The SMILES string of the molecule is COc1ccc(N2C(=O)C(O)=C(C(=O)/C=C/c3ccccc3)C2c2ccc(O)c(OC)c2)cc1. The lowest BCUT2D eigenvalue weighted by atomic mass is 9.95. The predicted molar refractivity (Wildman–Crippen MR) is 128 cm³/mol. The maximum absolute atomic E-state index is 13.3. The first kappa shape index (κ1) is 22.7. The van der Waals surface area contributed by atoms with E-state index in [1.165, 1.54) is 37.3 Å². The van der Waals surface area contributed by atoms with Gasteiger partial charge in [0, 0.05) is 5.69 Å². The number of hydrogen-bond acceptors (Lipinski definition) is 6. The number of rotatable bonds is 7. The number of ether oxygens (including phenoxy) is 2. The molecular weight excluding hydrogens is 434 g/mol. The Morgan fingerprint density at radius 1 is 0.941 bits per heavy atom. The van der Waals surface area contributed by atoms with E-state index in [0.29, 0.717) is 17.0 Å². The van der Waals surface area contributed by atoms with E-state index in [1.807, 2.05) is 30.3 Å². The summed E-state index contributed by atoms with van der Waals surface area (Å²) < 4.78 is 10.4. The van der Waals surface area contributed by atoms with Crippen LogP contribution in [-0.4, -0.2) is 36.1 Å². The molecule has 3 aromatic rings. The number of methoxy groups -OCH3 is 2. The molecule has 4 rings (SSSR count). The first-order valence-corrected chi connectivity index (χ1v) is 10.5. The summed E-state index contributed by atoms with van der Waals surface area (Å²) in [7, 11) is 2.94. The molecule has 1 aliphatic rings. The molecule has 1 unspecified atom stereocenters. The number of phenolic OH excluding ortho intramolecular Hbond substituents is 1. The highest BCUT2D eigenvalue weighted by atomic mass is 16.5. The molecule has 7 heteroatoms. The number of aliphatic hydroxyl groups is 1. The van der Waals surface area contributed by atoms with Crippen molar-refractivity contribution in [3.8, 4) is 17.2 Å². The summed E-state index contributed by atoms with van der Waals surface area (Å²) in [6, 6.07) is 19.5. The van der Waals surface area contributed by atoms with Crippen LogP contribution in [0.2, 0.25) is 0 Å². The zero-order chi connectivity index (χ0) is 24.2. The second-order valence-corrected chi connectivity index (χ2v) is 7.58. The highest BCUT2D eigenvalue weighted by molar-refractivity contribution is 6.19. The Labute approximate surface area is 196 Å². The molecule has 0 saturated heterocycles. The molecule has 0 spiro atoms. The van der Waals surface area contributed by atoms with E-state index in [-0.39, 0.29) is 17.1 Å². The van der Waals surface area contributed by atoms with Crippen molar-refractivity contribution in [2.24, 2.45) is 0 Å². The Bertz CT molecular complexity index is 1280. The van der Waals surface area contributed by atoms with E-state index in [9.17, 15) is 19.8 Å². The molecule has 1 amide bonds. The van der Waals surface area contributed by atoms with Crippen LogP contribution < -0.4 is 14.4 Å². The number of ketones is 1. The first-order chi connectivity index (χ1) is 16.4. The molecule has 1 heterocycles. The molecule has 34 heavy (non-hydrogen) atoms. The van der Waals surface area contributed by atoms with Crippen LogP contribution in [0.1, 0.15) is 17.2 Å². The number of amides is 1. The van der Waals surface area contributed by atoms with Crippen LogP contribution in [0, 0.1) is 0 Å². The van der Waals surface area contributed by atoms with E-state index >= 15 is 0 Å². The zero-order valence-electron chi connectivity index (χ0n) is 18.6. The minimum absolute atomic E-state index is 0.0688. The van der Waals surface area contributed by atoms with Gasteiger partial charge in [0.05, 0.1) is 25.8 Å². The van der Waals surface area contributed by atoms with Crippen molar-refractivity contribution in [3.63, 3.8) is 0 Å². The van der Waals surface area contributed by atoms with Crippen LogP contribution in [0.3, 0.4) is 0 Å². The largest absolute Gasteiger partial charge is 0.504 e. The van der Waals surface area contributed by atoms with Gasteiger partial charge in [-0.2, -0.15) is 0 Å². The summed E-state index contributed by atoms with van der Waals surface area (Å²) in [6.07, 6.45) is 2.95. The molecule has 3 aromatic carbocycles. The third-order valence-electron chi connectivity index (χ3n) is 5.57. The number of benzene rings is 3. The number of phenols is 1. The average Bonchev–Trinajstić information content (AvgIpc) is 3.14. The van der Waals surface area contributed by atoms with Crippen LogP contribution in [0.15, 0.2) is 90.2 Å². The summed E-state index contributed by atoms with van der Waals surface area (Å²) in [5, 5.41) is 20.8. The summed E-state index contributed by atoms with van der Waals surface area (Å²) in [5.74, 6) is -1.16. The van der Waals surface area contributed by atoms with Crippen LogP contribution >= 0.6 is 0 Å². The lowest BCUT2D eigenvalue weighted by molar-refractivity contribution is -0.117. The standard InChI is InChI=1S/C27H23NO6/c1-33-20-12-10-19(11-13-20)28-25(18-9-15-21(29)23(16-18)34-2)24(26(31)27(28)32)22(30)14-8-17-6-4-3-5-7-17/h3-16,25,29,31H,1-2H3/b14-8+. The number of anilines is 1. The Kier molecular flexibility index (Phi) is 6.36. The van der Waals surface area contributed by atoms with Crippen LogP contribution in [-0.2, 0) is 9.59 Å². The minimum atomic E-state index is -0.941. The topological polar surface area (TPSA) is 96.3 Å². The summed E-state index contributed by atoms with van der Waals surface area (Å²) >= 11 is 0. The Balaban J connectivity index is 1.81. The number of hydrogen-bond donors (Lipinski definition) is 2. The number of carbonyl (C=O) groups excluding carboxylic acids is 2. The smallest absolute Gasteiger partial charge is 0.294 e. The lowest BCUT2D eigenvalue weighted by Crippen LogP contribution is -2.30. The van der Waals surface area contributed by atoms with Gasteiger partial charge in [-0.15, -0.1) is 0 Å². The Hall–Kier alpha value is -4.52. The maximum atomic E-state index is 13.3. The predicted octanol–water partition coefficient (Wildman–Crippen LogP) is 4.59. The number of nitrogens with zero attached hydrogens (tertiary/aromatic N) is 1. The fraction of sp³-hybridized carbons (Fsp3) is 0.111. The van der Waals surface area contributed by atoms with Crippen molar-refractivity contribution in [1.82, 2.24) is 0 Å². The second kappa shape index (κ2) is 9.54. The molecule has 0 saturated carbocycles. The Morgan fingerprint density at radius 2 is 1.65 bits per heavy atom. The van der Waals surface area contributed by atoms with Gasteiger partial charge in [-0.25, -0.2) is 0 Å². The van der Waals surface area contributed by atoms with E-state index in [2.05, 4.69) is 0 Å². The molecule has 0 bridgehead atoms. The van der Waals surface area contributed by atoms with E-state index < -0.39 is 23.5 Å². The highest BCUT2D eigenvalue weighted by Gasteiger charge is 2.44. The number of allylic oxidation sites excluding steroid dienone is 1. The van der Waals surface area contributed by atoms with Crippen molar-refractivity contribution in [1.29, 1.82) is 0 Å². The normalized spacial score (nSPS) is 15.8. The molecule has 1 aliphatic heterocycles. The van der Waals surface area contributed by atoms with Crippen LogP contribution in [0.25, 0.3) is 6.08 Å². The third-order valence-corrected chi connectivity index (χ3v) is 5.57. The Morgan fingerprint density at radius 3 is 2.29 bits per heavy atom. The summed E-state index contributed by atoms with van der Waals surface area (Å²) in [6.45, 7) is 0. The van der Waals surface area contributed by atoms with Gasteiger partial charge in [0.15, 0.2) is 23.0 Å². The molecular formula is C27H23NO6. The van der Waals surface area contributed by atoms with E-state index in [1.54, 1.807) is 36.4 Å². The van der Waals surface area contributed by atoms with Gasteiger partial charge in [0.2, 0.25) is 0 Å². The molecule has 0 aromatic heterocycles. The molecule has 7 nitrogen and oxygen atoms in total. The third kappa shape index (κ3) is 4.23. The van der Waals surface area contributed by atoms with Gasteiger partial charge in [0.25, 0.3) is 5.91 Å². The van der Waals surface area contributed by atoms with Gasteiger partial charge in [-0.05, 0) is 53.6 Å². The number of carbonyl (C=O) groups is 2. The van der Waals surface area contributed by atoms with Gasteiger partial charge in [0.1, 0.15) is 5.75 Å². The zero-order valence-corrected chi connectivity index (χ0v) is 18.6. The molecule has 2 N–H and O–H groups in total. The fourth-order valence-electron chi connectivity index (χ4n) is 3.87. The van der Waals surface area contributed by atoms with Crippen molar-refractivity contribution < 1.29 is 29.3 Å². The quantitative estimate of drug-likeness (QED) is 0.504. The molecule has 0 radical (unpaired) electrons. The number of aromatic hydroxyl groups is 1. The van der Waals surface area contributed by atoms with Crippen molar-refractivity contribution in [2.45, 2.75) is 6.04 Å². The van der Waals surface area contributed by atoms with Crippen molar-refractivity contribution in [2.75, 3.05) is 19.1 Å². The van der Waals surface area contributed by atoms with E-state index in [4.69, 9.17) is 9.47 Å². The van der Waals surface area contributed by atoms with Gasteiger partial charge in [-0.1, -0.05) is 42.5 Å². The average molecular weight is 457 g/mol. The molecule has 0 aliphatic carbocycles. The van der Waals surface area contributed by atoms with Gasteiger partial charge >= 0.3 is 0 Å². The summed E-state index contributed by atoms with van der Waals surface area (Å²) in [4.78, 5) is 27.8. The molecule has 0 fully saturated rings. The second-order valence-electron chi connectivity index (χ2n) is 7.58. The number of aliphatic hydroxyl groups excluding tert-OH is 1. The van der Waals surface area contributed by atoms with Gasteiger partial charge in [-0.3, -0.25) is 14.5 Å². The minimum Gasteiger partial charge on any atom is -0.504 e. The van der Waals surface area contributed by atoms with Crippen molar-refractivity contribution >= 4 is 23.5 Å². The van der Waals surface area contributed by atoms with E-state index in [0.717, 1.165) is 5.56 Å². The monoisotopic (exact) mass is 457 g/mol. The first-order valence-electron chi connectivity index (χ1n) is 10.5. The molecule has 172 valence electrons. The lowest BCUT2D eigenvalue weighted by Gasteiger charge is -2.27. The summed E-state index contributed by atoms with van der Waals surface area (Å²) in [5.41, 5.74) is 1.68. The van der Waals surface area contributed by atoms with Gasteiger partial charge < -0.3 is 19.7 Å².